The molecule has 0 fully saturated rings. The number of nitriles is 1. The van der Waals surface area contributed by atoms with E-state index >= 15 is 0 Å². The fourth-order valence-corrected chi connectivity index (χ4v) is 3.08. The number of hydrogen-bond acceptors (Lipinski definition) is 10. The van der Waals surface area contributed by atoms with Gasteiger partial charge in [-0.15, -0.1) is 0 Å². The van der Waals surface area contributed by atoms with Crippen LogP contribution >= 0.6 is 0 Å². The zero-order chi connectivity index (χ0) is 22.4. The lowest BCUT2D eigenvalue weighted by molar-refractivity contribution is -0.140. The Morgan fingerprint density at radius 2 is 1.63 bits per heavy atom. The average Bonchev–Trinajstić information content (AvgIpc) is 2.76. The first-order valence-corrected chi connectivity index (χ1v) is 8.62. The van der Waals surface area contributed by atoms with E-state index in [9.17, 15) is 14.9 Å². The number of hydrogen-bond donors (Lipinski definition) is 1. The SMILES string of the molecule is COC(=O)CC1=C(C(=O)OC)[C@H](c2cc(OC)c(OC)cc2OC)C(C#N)=C(N)O1. The number of methoxy groups -OCH3 is 5. The lowest BCUT2D eigenvalue weighted by atomic mass is 9.82. The molecule has 0 saturated heterocycles. The van der Waals surface area contributed by atoms with Gasteiger partial charge in [-0.3, -0.25) is 4.79 Å². The maximum atomic E-state index is 12.7. The number of esters is 2. The first kappa shape index (κ1) is 22.4. The summed E-state index contributed by atoms with van der Waals surface area (Å²) in [6.45, 7) is 0. The highest BCUT2D eigenvalue weighted by Gasteiger charge is 2.40. The van der Waals surface area contributed by atoms with Crippen molar-refractivity contribution < 1.29 is 38.0 Å². The van der Waals surface area contributed by atoms with Crippen LogP contribution < -0.4 is 19.9 Å². The van der Waals surface area contributed by atoms with Gasteiger partial charge < -0.3 is 34.2 Å². The summed E-state index contributed by atoms with van der Waals surface area (Å²) in [6.07, 6.45) is -0.396. The van der Waals surface area contributed by atoms with E-state index in [0.717, 1.165) is 0 Å². The molecule has 10 heteroatoms. The highest BCUT2D eigenvalue weighted by molar-refractivity contribution is 5.94. The molecule has 0 aliphatic carbocycles. The largest absolute Gasteiger partial charge is 0.496 e. The number of carbonyl (C=O) groups excluding carboxylic acids is 2. The molecule has 160 valence electrons. The van der Waals surface area contributed by atoms with Crippen molar-refractivity contribution in [2.75, 3.05) is 35.5 Å². The number of allylic oxidation sites excluding steroid dienone is 1. The van der Waals surface area contributed by atoms with Gasteiger partial charge in [-0.05, 0) is 6.07 Å². The predicted octanol–water partition coefficient (Wildman–Crippen LogP) is 1.51. The van der Waals surface area contributed by atoms with Gasteiger partial charge in [0.15, 0.2) is 11.5 Å². The summed E-state index contributed by atoms with van der Waals surface area (Å²) in [4.78, 5) is 24.6. The summed E-state index contributed by atoms with van der Waals surface area (Å²) < 4.78 is 31.1. The smallest absolute Gasteiger partial charge is 0.338 e. The first-order valence-electron chi connectivity index (χ1n) is 8.62. The molecule has 0 radical (unpaired) electrons. The second kappa shape index (κ2) is 9.56. The topological polar surface area (TPSA) is 139 Å². The minimum Gasteiger partial charge on any atom is -0.496 e. The molecular formula is C20H22N2O8. The van der Waals surface area contributed by atoms with Crippen LogP contribution in [0.2, 0.25) is 0 Å². The molecule has 0 saturated carbocycles. The van der Waals surface area contributed by atoms with Gasteiger partial charge in [-0.1, -0.05) is 0 Å². The summed E-state index contributed by atoms with van der Waals surface area (Å²) in [5.74, 6) is -1.88. The molecule has 0 aromatic heterocycles. The minimum atomic E-state index is -1.05. The highest BCUT2D eigenvalue weighted by atomic mass is 16.5. The van der Waals surface area contributed by atoms with Gasteiger partial charge >= 0.3 is 11.9 Å². The van der Waals surface area contributed by atoms with Crippen LogP contribution in [-0.4, -0.2) is 47.5 Å². The number of rotatable bonds is 7. The molecule has 0 spiro atoms. The van der Waals surface area contributed by atoms with Crippen LogP contribution in [0.1, 0.15) is 17.9 Å². The molecule has 1 aromatic rings. The summed E-state index contributed by atoms with van der Waals surface area (Å²) in [5, 5.41) is 9.74. The van der Waals surface area contributed by atoms with Crippen LogP contribution in [-0.2, 0) is 23.8 Å². The Kier molecular flexibility index (Phi) is 7.14. The van der Waals surface area contributed by atoms with Crippen molar-refractivity contribution in [3.63, 3.8) is 0 Å². The quantitative estimate of drug-likeness (QED) is 0.648. The van der Waals surface area contributed by atoms with E-state index in [1.165, 1.54) is 35.5 Å². The van der Waals surface area contributed by atoms with Crippen LogP contribution in [0.15, 0.2) is 34.9 Å². The van der Waals surface area contributed by atoms with E-state index in [1.807, 2.05) is 6.07 Å². The van der Waals surface area contributed by atoms with Gasteiger partial charge in [-0.2, -0.15) is 5.26 Å². The molecule has 2 N–H and O–H groups in total. The molecular weight excluding hydrogens is 396 g/mol. The summed E-state index contributed by atoms with van der Waals surface area (Å²) in [7, 11) is 6.67. The third-order valence-electron chi connectivity index (χ3n) is 4.48. The van der Waals surface area contributed by atoms with E-state index in [-0.39, 0.29) is 22.8 Å². The molecule has 30 heavy (non-hydrogen) atoms. The Balaban J connectivity index is 2.85. The van der Waals surface area contributed by atoms with Gasteiger partial charge in [-0.25, -0.2) is 4.79 Å². The maximum Gasteiger partial charge on any atom is 0.338 e. The minimum absolute atomic E-state index is 0.0606. The fraction of sp³-hybridized carbons (Fsp3) is 0.350. The van der Waals surface area contributed by atoms with Gasteiger partial charge in [0, 0.05) is 11.6 Å². The van der Waals surface area contributed by atoms with E-state index < -0.39 is 24.3 Å². The van der Waals surface area contributed by atoms with Crippen LogP contribution in [0.4, 0.5) is 0 Å². The van der Waals surface area contributed by atoms with Crippen LogP contribution in [0.3, 0.4) is 0 Å². The fourth-order valence-electron chi connectivity index (χ4n) is 3.08. The summed E-state index contributed by atoms with van der Waals surface area (Å²) in [5.41, 5.74) is 6.16. The maximum absolute atomic E-state index is 12.7. The summed E-state index contributed by atoms with van der Waals surface area (Å²) in [6, 6.07) is 5.06. The van der Waals surface area contributed by atoms with Crippen molar-refractivity contribution in [3.05, 3.63) is 40.5 Å². The molecule has 10 nitrogen and oxygen atoms in total. The van der Waals surface area contributed by atoms with Crippen molar-refractivity contribution >= 4 is 11.9 Å². The molecule has 0 unspecified atom stereocenters. The van der Waals surface area contributed by atoms with Gasteiger partial charge in [0.2, 0.25) is 5.88 Å². The Hall–Kier alpha value is -3.87. The van der Waals surface area contributed by atoms with Crippen molar-refractivity contribution in [1.82, 2.24) is 0 Å². The van der Waals surface area contributed by atoms with E-state index in [4.69, 9.17) is 29.4 Å². The van der Waals surface area contributed by atoms with Crippen LogP contribution in [0.25, 0.3) is 0 Å². The normalized spacial score (nSPS) is 15.7. The number of benzene rings is 1. The second-order valence-electron chi connectivity index (χ2n) is 5.96. The molecule has 1 aromatic carbocycles. The third-order valence-corrected chi connectivity index (χ3v) is 4.48. The zero-order valence-electron chi connectivity index (χ0n) is 17.2. The molecule has 0 amide bonds. The standard InChI is InChI=1S/C20H22N2O8/c1-25-12-7-14(27-3)13(26-2)6-10(12)17-11(9-21)19(22)30-15(8-16(23)28-4)18(17)20(24)29-5/h6-7,17H,8,22H2,1-5H3/t17-/m1/s1. The molecule has 1 heterocycles. The lowest BCUT2D eigenvalue weighted by Gasteiger charge is -2.29. The van der Waals surface area contributed by atoms with Crippen molar-refractivity contribution in [1.29, 1.82) is 5.26 Å². The molecule has 1 aliphatic heterocycles. The molecule has 2 rings (SSSR count). The van der Waals surface area contributed by atoms with Crippen molar-refractivity contribution in [2.24, 2.45) is 5.73 Å². The van der Waals surface area contributed by atoms with Gasteiger partial charge in [0.05, 0.1) is 47.0 Å². The van der Waals surface area contributed by atoms with Crippen LogP contribution in [0.5, 0.6) is 17.2 Å². The number of nitrogens with two attached hydrogens (primary N) is 1. The Labute approximate surface area is 173 Å². The number of ether oxygens (including phenoxy) is 6. The molecule has 1 atom stereocenters. The monoisotopic (exact) mass is 418 g/mol. The first-order chi connectivity index (χ1) is 14.4. The number of carbonyl (C=O) groups is 2. The summed E-state index contributed by atoms with van der Waals surface area (Å²) >= 11 is 0. The van der Waals surface area contributed by atoms with Gasteiger partial charge in [0.25, 0.3) is 0 Å². The highest BCUT2D eigenvalue weighted by Crippen LogP contribution is 2.47. The van der Waals surface area contributed by atoms with Crippen molar-refractivity contribution in [2.45, 2.75) is 12.3 Å². The third kappa shape index (κ3) is 4.10. The van der Waals surface area contributed by atoms with E-state index in [0.29, 0.717) is 22.8 Å². The Morgan fingerprint density at radius 1 is 1.03 bits per heavy atom. The Bertz CT molecular complexity index is 958. The second-order valence-corrected chi connectivity index (χ2v) is 5.96. The number of nitrogens with zero attached hydrogens (tertiary/aromatic N) is 1. The van der Waals surface area contributed by atoms with Crippen molar-refractivity contribution in [3.8, 4) is 23.3 Å². The predicted molar refractivity (Wildman–Crippen MR) is 102 cm³/mol. The zero-order valence-corrected chi connectivity index (χ0v) is 17.2. The van der Waals surface area contributed by atoms with E-state index in [1.54, 1.807) is 12.1 Å². The lowest BCUT2D eigenvalue weighted by Crippen LogP contribution is -2.27. The van der Waals surface area contributed by atoms with Gasteiger partial charge in [0.1, 0.15) is 29.6 Å². The Morgan fingerprint density at radius 3 is 2.13 bits per heavy atom. The molecule has 0 bridgehead atoms. The van der Waals surface area contributed by atoms with Crippen LogP contribution in [0, 0.1) is 11.3 Å². The average molecular weight is 418 g/mol. The molecule has 1 aliphatic rings. The van der Waals surface area contributed by atoms with E-state index in [2.05, 4.69) is 4.74 Å².